The van der Waals surface area contributed by atoms with E-state index in [1.807, 2.05) is 6.07 Å². The quantitative estimate of drug-likeness (QED) is 0.652. The summed E-state index contributed by atoms with van der Waals surface area (Å²) in [6.45, 7) is 4.56. The molecule has 1 heteroatoms. The molecular formula is C15H18O. The first kappa shape index (κ1) is 11.1. The predicted octanol–water partition coefficient (Wildman–Crippen LogP) is 3.29. The highest BCUT2D eigenvalue weighted by Crippen LogP contribution is 2.41. The number of benzene rings is 1. The van der Waals surface area contributed by atoms with Gasteiger partial charge in [-0.3, -0.25) is 0 Å². The molecule has 1 nitrogen and oxygen atoms in total. The van der Waals surface area contributed by atoms with E-state index in [2.05, 4.69) is 25.8 Å². The summed E-state index contributed by atoms with van der Waals surface area (Å²) in [5.41, 5.74) is 3.85. The van der Waals surface area contributed by atoms with Crippen molar-refractivity contribution in [2.75, 3.05) is 7.11 Å². The molecule has 0 aromatic heterocycles. The van der Waals surface area contributed by atoms with Crippen LogP contribution in [0.5, 0.6) is 5.75 Å². The van der Waals surface area contributed by atoms with Gasteiger partial charge in [-0.2, -0.15) is 0 Å². The summed E-state index contributed by atoms with van der Waals surface area (Å²) >= 11 is 0. The van der Waals surface area contributed by atoms with E-state index < -0.39 is 0 Å². The smallest absolute Gasteiger partial charge is 0.123 e. The number of fused-ring (bicyclic) bond motifs is 1. The SMILES string of the molecule is C#Cc1cc(OC)c2c(c1)C(C)(C)CCC2. The Morgan fingerprint density at radius 3 is 2.75 bits per heavy atom. The van der Waals surface area contributed by atoms with Crippen molar-refractivity contribution in [3.8, 4) is 18.1 Å². The molecule has 0 spiro atoms. The van der Waals surface area contributed by atoms with Gasteiger partial charge in [-0.25, -0.2) is 0 Å². The number of hydrogen-bond donors (Lipinski definition) is 0. The van der Waals surface area contributed by atoms with Gasteiger partial charge in [0, 0.05) is 5.56 Å². The fourth-order valence-electron chi connectivity index (χ4n) is 2.61. The van der Waals surface area contributed by atoms with Crippen LogP contribution in [0.15, 0.2) is 12.1 Å². The van der Waals surface area contributed by atoms with E-state index in [0.29, 0.717) is 0 Å². The number of rotatable bonds is 1. The van der Waals surface area contributed by atoms with Gasteiger partial charge in [0.25, 0.3) is 0 Å². The molecule has 0 radical (unpaired) electrons. The molecule has 0 bridgehead atoms. The molecule has 2 rings (SSSR count). The highest BCUT2D eigenvalue weighted by atomic mass is 16.5. The lowest BCUT2D eigenvalue weighted by molar-refractivity contribution is 0.386. The summed E-state index contributed by atoms with van der Waals surface area (Å²) in [5, 5.41) is 0. The number of methoxy groups -OCH3 is 1. The third-order valence-corrected chi connectivity index (χ3v) is 3.55. The fourth-order valence-corrected chi connectivity index (χ4v) is 2.61. The van der Waals surface area contributed by atoms with Gasteiger partial charge >= 0.3 is 0 Å². The molecule has 0 N–H and O–H groups in total. The lowest BCUT2D eigenvalue weighted by Crippen LogP contribution is -2.24. The monoisotopic (exact) mass is 214 g/mol. The Balaban J connectivity index is 2.65. The Hall–Kier alpha value is -1.42. The van der Waals surface area contributed by atoms with Crippen LogP contribution in [0.2, 0.25) is 0 Å². The van der Waals surface area contributed by atoms with Gasteiger partial charge in [0.15, 0.2) is 0 Å². The Bertz CT molecular complexity index is 449. The Kier molecular flexibility index (Phi) is 2.68. The lowest BCUT2D eigenvalue weighted by atomic mass is 9.72. The summed E-state index contributed by atoms with van der Waals surface area (Å²) in [7, 11) is 1.72. The van der Waals surface area contributed by atoms with Gasteiger partial charge in [0.05, 0.1) is 7.11 Å². The third-order valence-electron chi connectivity index (χ3n) is 3.55. The maximum Gasteiger partial charge on any atom is 0.123 e. The lowest BCUT2D eigenvalue weighted by Gasteiger charge is -2.33. The highest BCUT2D eigenvalue weighted by molar-refractivity contribution is 5.52. The van der Waals surface area contributed by atoms with E-state index in [4.69, 9.17) is 11.2 Å². The first-order valence-electron chi connectivity index (χ1n) is 5.76. The van der Waals surface area contributed by atoms with Gasteiger partial charge < -0.3 is 4.74 Å². The standard InChI is InChI=1S/C15H18O/c1-5-11-9-13-12(14(10-11)16-4)7-6-8-15(13,2)3/h1,9-10H,6-8H2,2-4H3. The topological polar surface area (TPSA) is 9.23 Å². The summed E-state index contributed by atoms with van der Waals surface area (Å²) in [4.78, 5) is 0. The van der Waals surface area contributed by atoms with Crippen LogP contribution in [-0.2, 0) is 11.8 Å². The Labute approximate surface area is 97.8 Å². The van der Waals surface area contributed by atoms with Crippen molar-refractivity contribution in [2.45, 2.75) is 38.5 Å². The molecule has 0 amide bonds. The van der Waals surface area contributed by atoms with Crippen molar-refractivity contribution in [1.29, 1.82) is 0 Å². The normalized spacial score (nSPS) is 17.4. The van der Waals surface area contributed by atoms with E-state index in [0.717, 1.165) is 17.7 Å². The van der Waals surface area contributed by atoms with Gasteiger partial charge in [-0.1, -0.05) is 19.8 Å². The third kappa shape index (κ3) is 1.69. The molecule has 84 valence electrons. The zero-order valence-corrected chi connectivity index (χ0v) is 10.3. The van der Waals surface area contributed by atoms with Crippen LogP contribution in [0.1, 0.15) is 43.4 Å². The van der Waals surface area contributed by atoms with E-state index in [1.165, 1.54) is 24.0 Å². The van der Waals surface area contributed by atoms with Crippen molar-refractivity contribution in [1.82, 2.24) is 0 Å². The minimum absolute atomic E-state index is 0.216. The maximum atomic E-state index is 5.49. The summed E-state index contributed by atoms with van der Waals surface area (Å²) in [6, 6.07) is 4.12. The molecular weight excluding hydrogens is 196 g/mol. The maximum absolute atomic E-state index is 5.49. The molecule has 16 heavy (non-hydrogen) atoms. The largest absolute Gasteiger partial charge is 0.496 e. The molecule has 0 aliphatic heterocycles. The molecule has 0 heterocycles. The number of terminal acetylenes is 1. The molecule has 1 aliphatic carbocycles. The van der Waals surface area contributed by atoms with Crippen molar-refractivity contribution in [2.24, 2.45) is 0 Å². The highest BCUT2D eigenvalue weighted by Gasteiger charge is 2.29. The molecule has 0 saturated heterocycles. The summed E-state index contributed by atoms with van der Waals surface area (Å²) < 4.78 is 5.45. The molecule has 0 saturated carbocycles. The molecule has 1 aliphatic rings. The molecule has 1 aromatic rings. The molecule has 0 fully saturated rings. The molecule has 1 aromatic carbocycles. The average molecular weight is 214 g/mol. The van der Waals surface area contributed by atoms with Gasteiger partial charge in [0.2, 0.25) is 0 Å². The van der Waals surface area contributed by atoms with Gasteiger partial charge in [-0.15, -0.1) is 6.42 Å². The van der Waals surface area contributed by atoms with Gasteiger partial charge in [-0.05, 0) is 47.9 Å². The zero-order chi connectivity index (χ0) is 11.8. The first-order valence-corrected chi connectivity index (χ1v) is 5.76. The second-order valence-corrected chi connectivity index (χ2v) is 5.09. The van der Waals surface area contributed by atoms with Crippen molar-refractivity contribution >= 4 is 0 Å². The second-order valence-electron chi connectivity index (χ2n) is 5.09. The second kappa shape index (κ2) is 3.87. The fraction of sp³-hybridized carbons (Fsp3) is 0.467. The van der Waals surface area contributed by atoms with Crippen LogP contribution >= 0.6 is 0 Å². The minimum Gasteiger partial charge on any atom is -0.496 e. The van der Waals surface area contributed by atoms with E-state index in [9.17, 15) is 0 Å². The van der Waals surface area contributed by atoms with Crippen LogP contribution in [0.3, 0.4) is 0 Å². The van der Waals surface area contributed by atoms with Gasteiger partial charge in [0.1, 0.15) is 5.75 Å². The van der Waals surface area contributed by atoms with Crippen molar-refractivity contribution < 1.29 is 4.74 Å². The van der Waals surface area contributed by atoms with Crippen LogP contribution in [0, 0.1) is 12.3 Å². The van der Waals surface area contributed by atoms with Crippen LogP contribution in [0.25, 0.3) is 0 Å². The van der Waals surface area contributed by atoms with E-state index >= 15 is 0 Å². The number of hydrogen-bond acceptors (Lipinski definition) is 1. The Morgan fingerprint density at radius 1 is 1.38 bits per heavy atom. The summed E-state index contributed by atoms with van der Waals surface area (Å²) in [6.07, 6.45) is 9.04. The number of ether oxygens (including phenoxy) is 1. The minimum atomic E-state index is 0.216. The Morgan fingerprint density at radius 2 is 2.12 bits per heavy atom. The first-order chi connectivity index (χ1) is 7.58. The molecule has 0 unspecified atom stereocenters. The summed E-state index contributed by atoms with van der Waals surface area (Å²) in [5.74, 6) is 3.67. The van der Waals surface area contributed by atoms with E-state index in [1.54, 1.807) is 7.11 Å². The van der Waals surface area contributed by atoms with Crippen LogP contribution in [-0.4, -0.2) is 7.11 Å². The van der Waals surface area contributed by atoms with Crippen LogP contribution < -0.4 is 4.74 Å². The van der Waals surface area contributed by atoms with Crippen molar-refractivity contribution in [3.63, 3.8) is 0 Å². The average Bonchev–Trinajstić information content (AvgIpc) is 2.27. The van der Waals surface area contributed by atoms with Crippen molar-refractivity contribution in [3.05, 3.63) is 28.8 Å². The van der Waals surface area contributed by atoms with E-state index in [-0.39, 0.29) is 5.41 Å². The predicted molar refractivity (Wildman–Crippen MR) is 66.9 cm³/mol. The van der Waals surface area contributed by atoms with Crippen LogP contribution in [0.4, 0.5) is 0 Å². The zero-order valence-electron chi connectivity index (χ0n) is 10.3. The molecule has 0 atom stereocenters.